The van der Waals surface area contributed by atoms with Gasteiger partial charge >= 0.3 is 0 Å². The van der Waals surface area contributed by atoms with Crippen LogP contribution in [0.15, 0.2) is 24.3 Å². The van der Waals surface area contributed by atoms with Crippen molar-refractivity contribution in [2.45, 2.75) is 19.1 Å². The predicted molar refractivity (Wildman–Crippen MR) is 75.1 cm³/mol. The first-order chi connectivity index (χ1) is 8.04. The number of hydrogen-bond donors (Lipinski definition) is 2. The third-order valence-corrected chi connectivity index (χ3v) is 2.62. The molecule has 4 nitrogen and oxygen atoms in total. The zero-order chi connectivity index (χ0) is 12.8. The monoisotopic (exact) mass is 292 g/mol. The fraction of sp³-hybridized carbons (Fsp3) is 0.417. The molecule has 0 aliphatic carbocycles. The quantitative estimate of drug-likeness (QED) is 0.871. The summed E-state index contributed by atoms with van der Waals surface area (Å²) in [4.78, 5) is 11.3. The van der Waals surface area contributed by atoms with E-state index in [9.17, 15) is 4.79 Å². The molecule has 0 radical (unpaired) electrons. The number of benzene rings is 1. The van der Waals surface area contributed by atoms with Crippen molar-refractivity contribution in [2.75, 3.05) is 13.7 Å². The van der Waals surface area contributed by atoms with Crippen LogP contribution in [0, 0.1) is 0 Å². The first kappa shape index (κ1) is 17.2. The van der Waals surface area contributed by atoms with E-state index in [1.807, 2.05) is 18.2 Å². The van der Waals surface area contributed by atoms with Crippen molar-refractivity contribution in [1.29, 1.82) is 0 Å². The Kier molecular flexibility index (Phi) is 7.95. The molecule has 102 valence electrons. The van der Waals surface area contributed by atoms with Crippen molar-refractivity contribution >= 4 is 29.9 Å². The van der Waals surface area contributed by atoms with E-state index >= 15 is 0 Å². The summed E-state index contributed by atoms with van der Waals surface area (Å²) in [5.41, 5.74) is 6.37. The molecular formula is C12H18Cl2N2O2. The molecule has 0 aromatic heterocycles. The second-order valence-electron chi connectivity index (χ2n) is 3.81. The number of methoxy groups -OCH3 is 1. The molecule has 0 aliphatic heterocycles. The number of amides is 1. The Bertz CT molecular complexity index is 386. The van der Waals surface area contributed by atoms with Crippen molar-refractivity contribution in [1.82, 2.24) is 5.32 Å². The average Bonchev–Trinajstić information content (AvgIpc) is 2.29. The zero-order valence-electron chi connectivity index (χ0n) is 10.4. The fourth-order valence-corrected chi connectivity index (χ4v) is 1.60. The first-order valence-corrected chi connectivity index (χ1v) is 5.74. The molecule has 3 N–H and O–H groups in total. The summed E-state index contributed by atoms with van der Waals surface area (Å²) < 4.78 is 5.31. The second-order valence-corrected chi connectivity index (χ2v) is 4.25. The zero-order valence-corrected chi connectivity index (χ0v) is 11.9. The van der Waals surface area contributed by atoms with Crippen LogP contribution in [0.5, 0.6) is 0 Å². The summed E-state index contributed by atoms with van der Waals surface area (Å²) in [6.07, 6.45) is -0.226. The lowest BCUT2D eigenvalue weighted by molar-refractivity contribution is -0.122. The van der Waals surface area contributed by atoms with E-state index in [4.69, 9.17) is 22.1 Å². The number of hydrogen-bond acceptors (Lipinski definition) is 3. The molecule has 0 heterocycles. The van der Waals surface area contributed by atoms with Gasteiger partial charge in [0, 0.05) is 18.7 Å². The first-order valence-electron chi connectivity index (χ1n) is 5.36. The Morgan fingerprint density at radius 3 is 2.72 bits per heavy atom. The van der Waals surface area contributed by atoms with E-state index in [1.165, 1.54) is 0 Å². The van der Waals surface area contributed by atoms with Crippen molar-refractivity contribution in [3.8, 4) is 0 Å². The maximum Gasteiger partial charge on any atom is 0.236 e. The third-order valence-electron chi connectivity index (χ3n) is 2.38. The molecule has 1 aromatic rings. The minimum absolute atomic E-state index is 0. The Labute approximate surface area is 118 Å². The normalized spacial score (nSPS) is 13.3. The molecule has 2 atom stereocenters. The second kappa shape index (κ2) is 8.32. The summed E-state index contributed by atoms with van der Waals surface area (Å²) in [6.45, 7) is 2.01. The van der Waals surface area contributed by atoms with E-state index in [1.54, 1.807) is 20.1 Å². The van der Waals surface area contributed by atoms with Crippen molar-refractivity contribution in [2.24, 2.45) is 5.73 Å². The SMILES string of the molecule is COC(CNC(=O)[C@@H](C)N)c1cccc(Cl)c1.Cl. The summed E-state index contributed by atoms with van der Waals surface area (Å²) in [7, 11) is 1.59. The number of rotatable bonds is 5. The lowest BCUT2D eigenvalue weighted by Gasteiger charge is -2.17. The van der Waals surface area contributed by atoms with E-state index < -0.39 is 6.04 Å². The molecule has 1 aromatic carbocycles. The molecule has 0 spiro atoms. The molecular weight excluding hydrogens is 275 g/mol. The standard InChI is InChI=1S/C12H17ClN2O2.ClH/c1-8(14)12(16)15-7-11(17-2)9-4-3-5-10(13)6-9;/h3-6,8,11H,7,14H2,1-2H3,(H,15,16);1H/t8-,11?;/m1./s1. The van der Waals surface area contributed by atoms with Gasteiger partial charge in [0.05, 0.1) is 12.1 Å². The Balaban J connectivity index is 0.00000289. The molecule has 1 unspecified atom stereocenters. The summed E-state index contributed by atoms with van der Waals surface area (Å²) >= 11 is 5.90. The molecule has 0 saturated carbocycles. The minimum atomic E-state index is -0.521. The Morgan fingerprint density at radius 2 is 2.22 bits per heavy atom. The van der Waals surface area contributed by atoms with Gasteiger partial charge in [0.25, 0.3) is 0 Å². The van der Waals surface area contributed by atoms with Crippen molar-refractivity contribution in [3.05, 3.63) is 34.9 Å². The van der Waals surface area contributed by atoms with Crippen LogP contribution < -0.4 is 11.1 Å². The molecule has 0 saturated heterocycles. The largest absolute Gasteiger partial charge is 0.375 e. The highest BCUT2D eigenvalue weighted by Gasteiger charge is 2.13. The third kappa shape index (κ3) is 5.23. The van der Waals surface area contributed by atoms with Crippen molar-refractivity contribution < 1.29 is 9.53 Å². The van der Waals surface area contributed by atoms with Gasteiger partial charge in [-0.25, -0.2) is 0 Å². The van der Waals surface area contributed by atoms with Gasteiger partial charge in [-0.05, 0) is 24.6 Å². The topological polar surface area (TPSA) is 64.3 Å². The van der Waals surface area contributed by atoms with Crippen LogP contribution in [-0.2, 0) is 9.53 Å². The Morgan fingerprint density at radius 1 is 1.56 bits per heavy atom. The Hall–Kier alpha value is -0.810. The van der Waals surface area contributed by atoms with Gasteiger partial charge in [-0.15, -0.1) is 12.4 Å². The van der Waals surface area contributed by atoms with Crippen LogP contribution in [0.25, 0.3) is 0 Å². The molecule has 6 heteroatoms. The highest BCUT2D eigenvalue weighted by molar-refractivity contribution is 6.30. The maximum absolute atomic E-state index is 11.3. The fourth-order valence-electron chi connectivity index (χ4n) is 1.40. The van der Waals surface area contributed by atoms with Crippen LogP contribution >= 0.6 is 24.0 Å². The number of carbonyl (C=O) groups excluding carboxylic acids is 1. The lowest BCUT2D eigenvalue weighted by atomic mass is 10.1. The van der Waals surface area contributed by atoms with Gasteiger partial charge in [0.1, 0.15) is 0 Å². The van der Waals surface area contributed by atoms with Crippen molar-refractivity contribution in [3.63, 3.8) is 0 Å². The molecule has 0 fully saturated rings. The molecule has 18 heavy (non-hydrogen) atoms. The van der Waals surface area contributed by atoms with Gasteiger partial charge < -0.3 is 15.8 Å². The smallest absolute Gasteiger partial charge is 0.236 e. The molecule has 0 bridgehead atoms. The number of nitrogens with two attached hydrogens (primary N) is 1. The minimum Gasteiger partial charge on any atom is -0.375 e. The summed E-state index contributed by atoms with van der Waals surface area (Å²) in [5, 5.41) is 3.36. The summed E-state index contributed by atoms with van der Waals surface area (Å²) in [6, 6.07) is 6.83. The van der Waals surface area contributed by atoms with Gasteiger partial charge in [-0.1, -0.05) is 23.7 Å². The molecule has 0 aliphatic rings. The lowest BCUT2D eigenvalue weighted by Crippen LogP contribution is -2.40. The molecule has 1 amide bonds. The van der Waals surface area contributed by atoms with Crippen LogP contribution in [0.1, 0.15) is 18.6 Å². The van der Waals surface area contributed by atoms with Crippen LogP contribution in [-0.4, -0.2) is 25.6 Å². The van der Waals surface area contributed by atoms with Crippen LogP contribution in [0.3, 0.4) is 0 Å². The summed E-state index contributed by atoms with van der Waals surface area (Å²) in [5.74, 6) is -0.200. The van der Waals surface area contributed by atoms with Gasteiger partial charge in [-0.2, -0.15) is 0 Å². The van der Waals surface area contributed by atoms with Gasteiger partial charge in [0.15, 0.2) is 0 Å². The average molecular weight is 293 g/mol. The van der Waals surface area contributed by atoms with Gasteiger partial charge in [-0.3, -0.25) is 4.79 Å². The van der Waals surface area contributed by atoms with E-state index in [0.717, 1.165) is 5.56 Å². The maximum atomic E-state index is 11.3. The highest BCUT2D eigenvalue weighted by atomic mass is 35.5. The number of nitrogens with one attached hydrogen (secondary N) is 1. The van der Waals surface area contributed by atoms with Crippen LogP contribution in [0.2, 0.25) is 5.02 Å². The van der Waals surface area contributed by atoms with E-state index in [-0.39, 0.29) is 24.4 Å². The molecule has 1 rings (SSSR count). The van der Waals surface area contributed by atoms with Crippen LogP contribution in [0.4, 0.5) is 0 Å². The highest BCUT2D eigenvalue weighted by Crippen LogP contribution is 2.19. The van der Waals surface area contributed by atoms with E-state index in [0.29, 0.717) is 11.6 Å². The number of ether oxygens (including phenoxy) is 1. The number of halogens is 2. The predicted octanol–water partition coefficient (Wildman–Crippen LogP) is 1.91. The van der Waals surface area contributed by atoms with E-state index in [2.05, 4.69) is 5.32 Å². The van der Waals surface area contributed by atoms with Gasteiger partial charge in [0.2, 0.25) is 5.91 Å². The number of carbonyl (C=O) groups is 1.